The van der Waals surface area contributed by atoms with Crippen LogP contribution in [0.25, 0.3) is 5.57 Å². The van der Waals surface area contributed by atoms with Crippen molar-refractivity contribution in [1.29, 1.82) is 0 Å². The summed E-state index contributed by atoms with van der Waals surface area (Å²) in [5.41, 5.74) is 7.16. The predicted octanol–water partition coefficient (Wildman–Crippen LogP) is 6.75. The molecule has 0 saturated carbocycles. The summed E-state index contributed by atoms with van der Waals surface area (Å²) >= 11 is 5.69. The van der Waals surface area contributed by atoms with Crippen LogP contribution in [0.1, 0.15) is 52.7 Å². The highest BCUT2D eigenvalue weighted by Crippen LogP contribution is 2.43. The molecule has 174 valence electrons. The number of ether oxygens (including phenoxy) is 1. The molecule has 2 aliphatic rings. The van der Waals surface area contributed by atoms with Crippen LogP contribution in [-0.4, -0.2) is 35.9 Å². The maximum atomic E-state index is 11.6. The van der Waals surface area contributed by atoms with Gasteiger partial charge in [-0.3, -0.25) is 9.69 Å². The number of carbonyl (C=O) groups is 1. The highest BCUT2D eigenvalue weighted by Gasteiger charge is 2.39. The van der Waals surface area contributed by atoms with Gasteiger partial charge in [-0.1, -0.05) is 60.2 Å². The molecule has 0 spiro atoms. The van der Waals surface area contributed by atoms with Gasteiger partial charge in [0.15, 0.2) is 0 Å². The lowest BCUT2D eigenvalue weighted by Gasteiger charge is -2.37. The van der Waals surface area contributed by atoms with Crippen LogP contribution in [0, 0.1) is 0 Å². The second-order valence-corrected chi connectivity index (χ2v) is 9.67. The molecule has 0 amide bonds. The summed E-state index contributed by atoms with van der Waals surface area (Å²) in [4.78, 5) is 14.3. The number of benzene rings is 3. The Labute approximate surface area is 207 Å². The van der Waals surface area contributed by atoms with Crippen molar-refractivity contribution < 1.29 is 9.53 Å². The standard InChI is InChI=1S/C30H30ClNO2/c1-34-28-15-7-21(8-16-28)17-18-32-26-13-14-27(32)20-25(19-26)29(22-5-3-2-4-6-22)23-9-11-24(12-10-23)30(31)33/h2-12,15-16,26-27H,13-14,17-20H2,1H3. The van der Waals surface area contributed by atoms with Gasteiger partial charge in [-0.2, -0.15) is 0 Å². The Bertz CT molecular complexity index is 1150. The minimum atomic E-state index is -0.413. The van der Waals surface area contributed by atoms with Crippen molar-refractivity contribution in [2.45, 2.75) is 44.2 Å². The number of halogens is 1. The van der Waals surface area contributed by atoms with Crippen molar-refractivity contribution in [2.75, 3.05) is 13.7 Å². The fourth-order valence-electron chi connectivity index (χ4n) is 5.67. The lowest BCUT2D eigenvalue weighted by molar-refractivity contribution is 0.108. The van der Waals surface area contributed by atoms with E-state index in [1.165, 1.54) is 35.1 Å². The molecule has 2 bridgehead atoms. The molecular formula is C30H30ClNO2. The maximum Gasteiger partial charge on any atom is 0.252 e. The van der Waals surface area contributed by atoms with Crippen LogP contribution in [0.3, 0.4) is 0 Å². The van der Waals surface area contributed by atoms with Crippen molar-refractivity contribution in [3.05, 3.63) is 107 Å². The van der Waals surface area contributed by atoms with E-state index < -0.39 is 5.24 Å². The molecular weight excluding hydrogens is 442 g/mol. The van der Waals surface area contributed by atoms with Crippen LogP contribution in [-0.2, 0) is 6.42 Å². The van der Waals surface area contributed by atoms with Crippen LogP contribution >= 0.6 is 11.6 Å². The monoisotopic (exact) mass is 471 g/mol. The highest BCUT2D eigenvalue weighted by molar-refractivity contribution is 6.67. The van der Waals surface area contributed by atoms with Gasteiger partial charge in [-0.25, -0.2) is 0 Å². The van der Waals surface area contributed by atoms with Gasteiger partial charge in [0.1, 0.15) is 5.75 Å². The van der Waals surface area contributed by atoms with Gasteiger partial charge < -0.3 is 4.74 Å². The summed E-state index contributed by atoms with van der Waals surface area (Å²) in [7, 11) is 1.71. The van der Waals surface area contributed by atoms with E-state index in [9.17, 15) is 4.79 Å². The van der Waals surface area contributed by atoms with Crippen molar-refractivity contribution >= 4 is 22.4 Å². The number of hydrogen-bond donors (Lipinski definition) is 0. The van der Waals surface area contributed by atoms with Crippen molar-refractivity contribution in [2.24, 2.45) is 0 Å². The molecule has 0 N–H and O–H groups in total. The molecule has 5 rings (SSSR count). The Morgan fingerprint density at radius 1 is 0.853 bits per heavy atom. The van der Waals surface area contributed by atoms with Crippen LogP contribution in [0.4, 0.5) is 0 Å². The number of nitrogens with zero attached hydrogens (tertiary/aromatic N) is 1. The quantitative estimate of drug-likeness (QED) is 0.357. The smallest absolute Gasteiger partial charge is 0.252 e. The van der Waals surface area contributed by atoms with E-state index in [4.69, 9.17) is 16.3 Å². The minimum Gasteiger partial charge on any atom is -0.497 e. The normalized spacial score (nSPS) is 19.8. The third-order valence-corrected chi connectivity index (χ3v) is 7.59. The SMILES string of the molecule is COc1ccc(CCN2C3CCC2CC(=C(c2ccccc2)c2ccc(C(=O)Cl)cc2)C3)cc1. The van der Waals surface area contributed by atoms with Crippen LogP contribution in [0.15, 0.2) is 84.4 Å². The van der Waals surface area contributed by atoms with E-state index in [0.29, 0.717) is 17.6 Å². The first-order valence-electron chi connectivity index (χ1n) is 12.1. The third-order valence-electron chi connectivity index (χ3n) is 7.37. The highest BCUT2D eigenvalue weighted by atomic mass is 35.5. The van der Waals surface area contributed by atoms with Gasteiger partial charge in [0.05, 0.1) is 7.11 Å². The number of piperidine rings is 1. The Hall–Kier alpha value is -2.88. The molecule has 2 unspecified atom stereocenters. The number of fused-ring (bicyclic) bond motifs is 2. The Kier molecular flexibility index (Phi) is 6.85. The van der Waals surface area contributed by atoms with Gasteiger partial charge in [-0.05, 0) is 90.2 Å². The number of hydrogen-bond acceptors (Lipinski definition) is 3. The molecule has 3 aromatic rings. The molecule has 3 nitrogen and oxygen atoms in total. The zero-order chi connectivity index (χ0) is 23.5. The van der Waals surface area contributed by atoms with Crippen molar-refractivity contribution in [3.8, 4) is 5.75 Å². The van der Waals surface area contributed by atoms with Gasteiger partial charge in [0, 0.05) is 24.2 Å². The van der Waals surface area contributed by atoms with Gasteiger partial charge in [0.25, 0.3) is 5.24 Å². The second kappa shape index (κ2) is 10.2. The lowest BCUT2D eigenvalue weighted by Crippen LogP contribution is -2.41. The van der Waals surface area contributed by atoms with E-state index in [2.05, 4.69) is 59.5 Å². The average molecular weight is 472 g/mol. The molecule has 34 heavy (non-hydrogen) atoms. The Balaban J connectivity index is 1.39. The molecule has 2 aliphatic heterocycles. The number of methoxy groups -OCH3 is 1. The number of rotatable bonds is 7. The molecule has 4 heteroatoms. The molecule has 3 aromatic carbocycles. The fraction of sp³-hybridized carbons (Fsp3) is 0.300. The minimum absolute atomic E-state index is 0.413. The van der Waals surface area contributed by atoms with Crippen LogP contribution in [0.2, 0.25) is 0 Å². The van der Waals surface area contributed by atoms with E-state index in [0.717, 1.165) is 37.1 Å². The summed E-state index contributed by atoms with van der Waals surface area (Å²) in [6, 6.07) is 28.1. The summed E-state index contributed by atoms with van der Waals surface area (Å²) in [5, 5.41) is -0.413. The largest absolute Gasteiger partial charge is 0.497 e. The van der Waals surface area contributed by atoms with Gasteiger partial charge in [0.2, 0.25) is 0 Å². The summed E-state index contributed by atoms with van der Waals surface area (Å²) in [6.07, 6.45) is 5.78. The average Bonchev–Trinajstić information content (AvgIpc) is 3.11. The van der Waals surface area contributed by atoms with Crippen molar-refractivity contribution in [3.63, 3.8) is 0 Å². The van der Waals surface area contributed by atoms with Gasteiger partial charge in [-0.15, -0.1) is 0 Å². The topological polar surface area (TPSA) is 29.5 Å². The zero-order valence-electron chi connectivity index (χ0n) is 19.5. The van der Waals surface area contributed by atoms with E-state index in [1.807, 2.05) is 24.3 Å². The Morgan fingerprint density at radius 3 is 2.03 bits per heavy atom. The summed E-state index contributed by atoms with van der Waals surface area (Å²) < 4.78 is 5.29. The molecule has 0 aliphatic carbocycles. The zero-order valence-corrected chi connectivity index (χ0v) is 20.3. The first-order valence-corrected chi connectivity index (χ1v) is 12.5. The molecule has 2 heterocycles. The summed E-state index contributed by atoms with van der Waals surface area (Å²) in [6.45, 7) is 1.10. The van der Waals surface area contributed by atoms with Crippen LogP contribution in [0.5, 0.6) is 5.75 Å². The summed E-state index contributed by atoms with van der Waals surface area (Å²) in [5.74, 6) is 0.911. The van der Waals surface area contributed by atoms with E-state index in [1.54, 1.807) is 7.11 Å². The van der Waals surface area contributed by atoms with Crippen molar-refractivity contribution in [1.82, 2.24) is 4.90 Å². The first-order chi connectivity index (χ1) is 16.6. The van der Waals surface area contributed by atoms with E-state index in [-0.39, 0.29) is 0 Å². The molecule has 2 atom stereocenters. The second-order valence-electron chi connectivity index (χ2n) is 9.32. The Morgan fingerprint density at radius 2 is 1.44 bits per heavy atom. The molecule has 0 radical (unpaired) electrons. The third kappa shape index (κ3) is 4.82. The molecule has 0 aromatic heterocycles. The first kappa shape index (κ1) is 22.9. The maximum absolute atomic E-state index is 11.6. The van der Waals surface area contributed by atoms with Gasteiger partial charge >= 0.3 is 0 Å². The molecule has 2 saturated heterocycles. The lowest BCUT2D eigenvalue weighted by atomic mass is 9.85. The predicted molar refractivity (Wildman–Crippen MR) is 139 cm³/mol. The number of carbonyl (C=O) groups excluding carboxylic acids is 1. The molecule has 2 fully saturated rings. The van der Waals surface area contributed by atoms with Crippen LogP contribution < -0.4 is 4.74 Å². The fourth-order valence-corrected chi connectivity index (χ4v) is 5.80. The van der Waals surface area contributed by atoms with E-state index >= 15 is 0 Å².